The van der Waals surface area contributed by atoms with Crippen molar-refractivity contribution >= 4 is 11.8 Å². The second-order valence-electron chi connectivity index (χ2n) is 8.83. The first-order valence-corrected chi connectivity index (χ1v) is 10.2. The molecule has 1 aromatic rings. The number of piperidine rings is 2. The number of aryl methyl sites for hydroxylation is 1. The highest BCUT2D eigenvalue weighted by molar-refractivity contribution is 5.94. The molecule has 0 aromatic heterocycles. The smallest absolute Gasteiger partial charge is 0.254 e. The Morgan fingerprint density at radius 1 is 1.26 bits per heavy atom. The van der Waals surface area contributed by atoms with Crippen LogP contribution in [0.15, 0.2) is 18.2 Å². The molecule has 2 heterocycles. The summed E-state index contributed by atoms with van der Waals surface area (Å²) < 4.78 is 0. The van der Waals surface area contributed by atoms with E-state index in [0.717, 1.165) is 50.9 Å². The van der Waals surface area contributed by atoms with Gasteiger partial charge in [0.05, 0.1) is 0 Å². The third kappa shape index (κ3) is 4.45. The molecule has 2 aliphatic rings. The Kier molecular flexibility index (Phi) is 5.78. The lowest BCUT2D eigenvalue weighted by Gasteiger charge is -2.48. The Balaban J connectivity index is 1.71. The number of likely N-dealkylation sites (tertiary alicyclic amines) is 2. The van der Waals surface area contributed by atoms with E-state index in [9.17, 15) is 14.7 Å². The van der Waals surface area contributed by atoms with Crippen LogP contribution in [0.1, 0.15) is 61.9 Å². The van der Waals surface area contributed by atoms with Crippen molar-refractivity contribution in [3.63, 3.8) is 0 Å². The molecule has 27 heavy (non-hydrogen) atoms. The summed E-state index contributed by atoms with van der Waals surface area (Å²) in [4.78, 5) is 29.3. The first-order valence-electron chi connectivity index (χ1n) is 10.2. The molecule has 5 heteroatoms. The van der Waals surface area contributed by atoms with Crippen LogP contribution in [0.3, 0.4) is 0 Å². The normalized spacial score (nSPS) is 23.3. The molecule has 1 atom stereocenters. The Morgan fingerprint density at radius 2 is 2.04 bits per heavy atom. The molecule has 0 aliphatic carbocycles. The second-order valence-corrected chi connectivity index (χ2v) is 8.83. The average molecular weight is 373 g/mol. The Morgan fingerprint density at radius 3 is 2.74 bits per heavy atom. The molecule has 2 amide bonds. The number of rotatable bonds is 4. The number of carbonyl (C=O) groups excluding carboxylic acids is 2. The Labute approximate surface area is 162 Å². The third-order valence-corrected chi connectivity index (χ3v) is 6.13. The van der Waals surface area contributed by atoms with Gasteiger partial charge in [0.25, 0.3) is 5.91 Å². The van der Waals surface area contributed by atoms with Gasteiger partial charge < -0.3 is 14.9 Å². The lowest BCUT2D eigenvalue weighted by atomic mass is 9.73. The molecule has 1 spiro atoms. The highest BCUT2D eigenvalue weighted by Crippen LogP contribution is 2.39. The molecule has 5 nitrogen and oxygen atoms in total. The summed E-state index contributed by atoms with van der Waals surface area (Å²) in [6.07, 6.45) is 4.52. The fourth-order valence-electron chi connectivity index (χ4n) is 4.36. The summed E-state index contributed by atoms with van der Waals surface area (Å²) in [5, 5.41) is 9.94. The summed E-state index contributed by atoms with van der Waals surface area (Å²) in [6, 6.07) is 5.14. The highest BCUT2D eigenvalue weighted by Gasteiger charge is 2.42. The van der Waals surface area contributed by atoms with E-state index in [0.29, 0.717) is 24.4 Å². The van der Waals surface area contributed by atoms with E-state index in [1.807, 2.05) is 16.7 Å². The molecule has 1 N–H and O–H groups in total. The number of nitrogens with zero attached hydrogens (tertiary/aromatic N) is 2. The van der Waals surface area contributed by atoms with Gasteiger partial charge in [-0.1, -0.05) is 19.9 Å². The predicted molar refractivity (Wildman–Crippen MR) is 106 cm³/mol. The van der Waals surface area contributed by atoms with Gasteiger partial charge in [0.1, 0.15) is 5.75 Å². The van der Waals surface area contributed by atoms with Gasteiger partial charge in [-0.05, 0) is 56.2 Å². The van der Waals surface area contributed by atoms with Crippen molar-refractivity contribution in [3.8, 4) is 5.75 Å². The van der Waals surface area contributed by atoms with Gasteiger partial charge in [0.15, 0.2) is 0 Å². The predicted octanol–water partition coefficient (Wildman–Crippen LogP) is 3.59. The Hall–Kier alpha value is -2.04. The van der Waals surface area contributed by atoms with E-state index < -0.39 is 0 Å². The number of phenolic OH excluding ortho intramolecular Hbond substituents is 1. The minimum Gasteiger partial charge on any atom is -0.508 e. The molecular formula is C22H32N2O3. The molecule has 0 saturated carbocycles. The summed E-state index contributed by atoms with van der Waals surface area (Å²) in [5.74, 6) is 0.980. The topological polar surface area (TPSA) is 60.9 Å². The molecule has 0 radical (unpaired) electrons. The van der Waals surface area contributed by atoms with Gasteiger partial charge in [-0.2, -0.15) is 0 Å². The van der Waals surface area contributed by atoms with E-state index in [1.54, 1.807) is 18.2 Å². The fraction of sp³-hybridized carbons (Fsp3) is 0.636. The van der Waals surface area contributed by atoms with E-state index in [4.69, 9.17) is 0 Å². The van der Waals surface area contributed by atoms with Crippen LogP contribution in [0.25, 0.3) is 0 Å². The number of amides is 2. The monoisotopic (exact) mass is 372 g/mol. The van der Waals surface area contributed by atoms with Crippen molar-refractivity contribution in [1.82, 2.24) is 9.80 Å². The van der Waals surface area contributed by atoms with Gasteiger partial charge >= 0.3 is 0 Å². The molecule has 148 valence electrons. The lowest BCUT2D eigenvalue weighted by Crippen LogP contribution is -2.55. The van der Waals surface area contributed by atoms with Crippen LogP contribution >= 0.6 is 0 Å². The fourth-order valence-corrected chi connectivity index (χ4v) is 4.36. The third-order valence-electron chi connectivity index (χ3n) is 6.13. The van der Waals surface area contributed by atoms with Crippen LogP contribution in [-0.4, -0.2) is 52.9 Å². The zero-order valence-corrected chi connectivity index (χ0v) is 16.8. The number of benzene rings is 1. The van der Waals surface area contributed by atoms with Crippen LogP contribution in [0.2, 0.25) is 0 Å². The molecule has 2 fully saturated rings. The maximum Gasteiger partial charge on any atom is 0.254 e. The Bertz CT molecular complexity index is 716. The number of hydrogen-bond acceptors (Lipinski definition) is 3. The molecule has 0 unspecified atom stereocenters. The lowest BCUT2D eigenvalue weighted by molar-refractivity contribution is -0.139. The van der Waals surface area contributed by atoms with Crippen molar-refractivity contribution in [2.45, 2.75) is 52.9 Å². The van der Waals surface area contributed by atoms with Gasteiger partial charge in [-0.25, -0.2) is 0 Å². The van der Waals surface area contributed by atoms with Crippen molar-refractivity contribution < 1.29 is 14.7 Å². The molecular weight excluding hydrogens is 340 g/mol. The van der Waals surface area contributed by atoms with Gasteiger partial charge in [-0.15, -0.1) is 0 Å². The number of aromatic hydroxyl groups is 1. The molecule has 2 aliphatic heterocycles. The maximum atomic E-state index is 13.0. The number of hydrogen-bond donors (Lipinski definition) is 1. The quantitative estimate of drug-likeness (QED) is 0.879. The van der Waals surface area contributed by atoms with Crippen molar-refractivity contribution in [3.05, 3.63) is 29.3 Å². The van der Waals surface area contributed by atoms with Gasteiger partial charge in [0.2, 0.25) is 5.91 Å². The van der Waals surface area contributed by atoms with Crippen LogP contribution < -0.4 is 0 Å². The van der Waals surface area contributed by atoms with Crippen molar-refractivity contribution in [2.75, 3.05) is 26.2 Å². The molecule has 3 rings (SSSR count). The average Bonchev–Trinajstić information content (AvgIpc) is 2.64. The largest absolute Gasteiger partial charge is 0.508 e. The second kappa shape index (κ2) is 7.91. The number of carbonyl (C=O) groups is 2. The van der Waals surface area contributed by atoms with Crippen LogP contribution in [-0.2, 0) is 4.79 Å². The van der Waals surface area contributed by atoms with Gasteiger partial charge in [-0.3, -0.25) is 9.59 Å². The van der Waals surface area contributed by atoms with Crippen molar-refractivity contribution in [2.24, 2.45) is 11.3 Å². The maximum absolute atomic E-state index is 13.0. The molecule has 0 bridgehead atoms. The van der Waals surface area contributed by atoms with E-state index in [2.05, 4.69) is 13.8 Å². The minimum atomic E-state index is -0.0185. The highest BCUT2D eigenvalue weighted by atomic mass is 16.3. The van der Waals surface area contributed by atoms with Gasteiger partial charge in [0, 0.05) is 43.6 Å². The SMILES string of the molecule is Cc1ccc(C(=O)N2CCC[C@]3(CCC(=O)N(CCC(C)C)C3)C2)cc1O. The first kappa shape index (κ1) is 19.7. The van der Waals surface area contributed by atoms with Crippen LogP contribution in [0, 0.1) is 18.3 Å². The van der Waals surface area contributed by atoms with Crippen molar-refractivity contribution in [1.29, 1.82) is 0 Å². The summed E-state index contributed by atoms with van der Waals surface area (Å²) >= 11 is 0. The first-order chi connectivity index (χ1) is 12.8. The summed E-state index contributed by atoms with van der Waals surface area (Å²) in [6.45, 7) is 9.22. The minimum absolute atomic E-state index is 0.0185. The standard InChI is InChI=1S/C22H32N2O3/c1-16(2)8-12-23-14-22(10-7-20(23)26)9-4-11-24(15-22)21(27)18-6-5-17(3)19(25)13-18/h5-6,13,16,25H,4,7-12,14-15H2,1-3H3/t22-/m1/s1. The van der Waals surface area contributed by atoms with Crippen LogP contribution in [0.4, 0.5) is 0 Å². The zero-order valence-electron chi connectivity index (χ0n) is 16.8. The zero-order chi connectivity index (χ0) is 19.6. The van der Waals surface area contributed by atoms with E-state index in [1.165, 1.54) is 0 Å². The number of phenols is 1. The van der Waals surface area contributed by atoms with E-state index >= 15 is 0 Å². The van der Waals surface area contributed by atoms with Crippen LogP contribution in [0.5, 0.6) is 5.75 Å². The summed E-state index contributed by atoms with van der Waals surface area (Å²) in [5.41, 5.74) is 1.33. The summed E-state index contributed by atoms with van der Waals surface area (Å²) in [7, 11) is 0. The molecule has 1 aromatic carbocycles. The molecule has 2 saturated heterocycles. The van der Waals surface area contributed by atoms with E-state index in [-0.39, 0.29) is 23.0 Å².